The number of aryl methyl sites for hydroxylation is 1. The molecular weight excluding hydrogens is 525 g/mol. The minimum absolute atomic E-state index is 0.188. The zero-order valence-electron chi connectivity index (χ0n) is 20.5. The smallest absolute Gasteiger partial charge is 0.341 e. The zero-order valence-corrected chi connectivity index (χ0v) is 22.1. The van der Waals surface area contributed by atoms with E-state index in [9.17, 15) is 18.8 Å². The predicted molar refractivity (Wildman–Crippen MR) is 148 cm³/mol. The van der Waals surface area contributed by atoms with E-state index in [-0.39, 0.29) is 30.1 Å². The third-order valence-electron chi connectivity index (χ3n) is 5.92. The zero-order chi connectivity index (χ0) is 26.8. The van der Waals surface area contributed by atoms with Crippen molar-refractivity contribution in [2.75, 3.05) is 11.9 Å². The number of fused-ring (bicyclic) bond motifs is 1. The number of benzene rings is 2. The maximum Gasteiger partial charge on any atom is 0.341 e. The van der Waals surface area contributed by atoms with Gasteiger partial charge in [0.05, 0.1) is 18.3 Å². The Kier molecular flexibility index (Phi) is 7.17. The molecule has 0 fully saturated rings. The summed E-state index contributed by atoms with van der Waals surface area (Å²) in [5, 5.41) is 7.07. The third kappa shape index (κ3) is 5.00. The molecule has 10 heteroatoms. The molecule has 3 heterocycles. The van der Waals surface area contributed by atoms with Gasteiger partial charge < -0.3 is 10.1 Å². The van der Waals surface area contributed by atoms with Gasteiger partial charge in [0.15, 0.2) is 0 Å². The van der Waals surface area contributed by atoms with Crippen LogP contribution in [-0.2, 0) is 16.1 Å². The van der Waals surface area contributed by atoms with Crippen LogP contribution in [0.25, 0.3) is 32.5 Å². The highest BCUT2D eigenvalue weighted by atomic mass is 32.1. The molecule has 0 saturated carbocycles. The average Bonchev–Trinajstić information content (AvgIpc) is 3.52. The van der Waals surface area contributed by atoms with Crippen LogP contribution in [0.15, 0.2) is 70.4 Å². The SMILES string of the molecule is CCOC(=O)c1c(-c2ccc(C)cc2)csc1NC(=O)Cn1cnc2scc(-c3ccc(F)cc3)c2c1=O. The molecule has 0 spiro atoms. The fraction of sp³-hybridized carbons (Fsp3) is 0.143. The van der Waals surface area contributed by atoms with Crippen LogP contribution in [0.4, 0.5) is 9.39 Å². The van der Waals surface area contributed by atoms with Crippen LogP contribution in [0.2, 0.25) is 0 Å². The van der Waals surface area contributed by atoms with Crippen molar-refractivity contribution in [2.45, 2.75) is 20.4 Å². The van der Waals surface area contributed by atoms with Gasteiger partial charge in [-0.3, -0.25) is 14.2 Å². The minimum Gasteiger partial charge on any atom is -0.462 e. The minimum atomic E-state index is -0.540. The monoisotopic (exact) mass is 547 g/mol. The summed E-state index contributed by atoms with van der Waals surface area (Å²) in [5.41, 5.74) is 3.76. The van der Waals surface area contributed by atoms with E-state index in [1.165, 1.54) is 45.7 Å². The molecule has 0 aliphatic carbocycles. The maximum atomic E-state index is 13.4. The average molecular weight is 548 g/mol. The largest absolute Gasteiger partial charge is 0.462 e. The summed E-state index contributed by atoms with van der Waals surface area (Å²) in [6.07, 6.45) is 1.33. The second-order valence-electron chi connectivity index (χ2n) is 8.50. The quantitative estimate of drug-likeness (QED) is 0.248. The summed E-state index contributed by atoms with van der Waals surface area (Å²) in [7, 11) is 0. The van der Waals surface area contributed by atoms with Gasteiger partial charge in [0.1, 0.15) is 27.8 Å². The third-order valence-corrected chi connectivity index (χ3v) is 7.70. The van der Waals surface area contributed by atoms with Crippen molar-refractivity contribution < 1.29 is 18.7 Å². The Bertz CT molecular complexity index is 1700. The summed E-state index contributed by atoms with van der Waals surface area (Å²) < 4.78 is 19.9. The van der Waals surface area contributed by atoms with Crippen molar-refractivity contribution in [1.82, 2.24) is 9.55 Å². The maximum absolute atomic E-state index is 13.4. The fourth-order valence-corrected chi connectivity index (χ4v) is 5.92. The van der Waals surface area contributed by atoms with E-state index in [1.54, 1.807) is 29.8 Å². The molecule has 3 aromatic heterocycles. The Morgan fingerprint density at radius 3 is 2.37 bits per heavy atom. The normalized spacial score (nSPS) is 11.0. The Labute approximate surface area is 225 Å². The Hall–Kier alpha value is -4.15. The van der Waals surface area contributed by atoms with E-state index in [1.807, 2.05) is 31.2 Å². The van der Waals surface area contributed by atoms with Crippen molar-refractivity contribution in [3.05, 3.63) is 92.9 Å². The highest BCUT2D eigenvalue weighted by Crippen LogP contribution is 2.36. The number of anilines is 1. The summed E-state index contributed by atoms with van der Waals surface area (Å²) in [4.78, 5) is 44.1. The number of hydrogen-bond acceptors (Lipinski definition) is 7. The van der Waals surface area contributed by atoms with E-state index in [0.29, 0.717) is 31.9 Å². The molecule has 2 aromatic carbocycles. The van der Waals surface area contributed by atoms with Crippen molar-refractivity contribution in [2.24, 2.45) is 0 Å². The van der Waals surface area contributed by atoms with E-state index < -0.39 is 11.9 Å². The molecule has 5 aromatic rings. The van der Waals surface area contributed by atoms with Gasteiger partial charge in [0.2, 0.25) is 5.91 Å². The molecule has 0 saturated heterocycles. The molecule has 0 aliphatic rings. The van der Waals surface area contributed by atoms with Crippen molar-refractivity contribution in [1.29, 1.82) is 0 Å². The molecular formula is C28H22FN3O4S2. The number of carbonyl (C=O) groups is 2. The molecule has 0 aliphatic heterocycles. The number of hydrogen-bond donors (Lipinski definition) is 1. The summed E-state index contributed by atoms with van der Waals surface area (Å²) in [6.45, 7) is 3.57. The lowest BCUT2D eigenvalue weighted by Gasteiger charge is -2.10. The van der Waals surface area contributed by atoms with Crippen LogP contribution in [-0.4, -0.2) is 28.0 Å². The van der Waals surface area contributed by atoms with Crippen LogP contribution in [0.5, 0.6) is 0 Å². The molecule has 0 unspecified atom stereocenters. The highest BCUT2D eigenvalue weighted by Gasteiger charge is 2.23. The van der Waals surface area contributed by atoms with Gasteiger partial charge in [-0.15, -0.1) is 22.7 Å². The van der Waals surface area contributed by atoms with Crippen LogP contribution in [0.3, 0.4) is 0 Å². The molecule has 0 radical (unpaired) electrons. The lowest BCUT2D eigenvalue weighted by Crippen LogP contribution is -2.28. The topological polar surface area (TPSA) is 90.3 Å². The number of aromatic nitrogens is 2. The highest BCUT2D eigenvalue weighted by molar-refractivity contribution is 7.17. The first-order chi connectivity index (χ1) is 18.4. The molecule has 192 valence electrons. The van der Waals surface area contributed by atoms with Gasteiger partial charge in [0.25, 0.3) is 5.56 Å². The molecule has 5 rings (SSSR count). The van der Waals surface area contributed by atoms with Gasteiger partial charge in [-0.05, 0) is 37.1 Å². The number of carbonyl (C=O) groups excluding carboxylic acids is 2. The molecule has 1 amide bonds. The second-order valence-corrected chi connectivity index (χ2v) is 10.2. The van der Waals surface area contributed by atoms with E-state index in [2.05, 4.69) is 10.3 Å². The molecule has 0 atom stereocenters. The van der Waals surface area contributed by atoms with E-state index >= 15 is 0 Å². The fourth-order valence-electron chi connectivity index (χ4n) is 4.04. The lowest BCUT2D eigenvalue weighted by molar-refractivity contribution is -0.116. The summed E-state index contributed by atoms with van der Waals surface area (Å²) in [5.74, 6) is -1.40. The van der Waals surface area contributed by atoms with Crippen LogP contribution < -0.4 is 10.9 Å². The first-order valence-corrected chi connectivity index (χ1v) is 13.5. The Morgan fingerprint density at radius 2 is 1.66 bits per heavy atom. The van der Waals surface area contributed by atoms with Crippen LogP contribution in [0, 0.1) is 12.7 Å². The molecule has 1 N–H and O–H groups in total. The molecule has 0 bridgehead atoms. The van der Waals surface area contributed by atoms with Crippen molar-refractivity contribution in [3.63, 3.8) is 0 Å². The number of rotatable bonds is 7. The number of amides is 1. The first-order valence-electron chi connectivity index (χ1n) is 11.7. The number of nitrogens with zero attached hydrogens (tertiary/aromatic N) is 2. The second kappa shape index (κ2) is 10.7. The van der Waals surface area contributed by atoms with Crippen LogP contribution >= 0.6 is 22.7 Å². The Balaban J connectivity index is 1.44. The standard InChI is InChI=1S/C28H22FN3O4S2/c1-3-36-28(35)24-21(17-6-4-16(2)5-7-17)14-38-26(24)31-22(33)12-32-15-30-25-23(27(32)34)20(13-37-25)18-8-10-19(29)11-9-18/h4-11,13-15H,3,12H2,1-2H3,(H,31,33). The molecule has 7 nitrogen and oxygen atoms in total. The van der Waals surface area contributed by atoms with Gasteiger partial charge in [-0.2, -0.15) is 0 Å². The number of esters is 1. The van der Waals surface area contributed by atoms with Crippen molar-refractivity contribution in [3.8, 4) is 22.3 Å². The summed E-state index contributed by atoms with van der Waals surface area (Å²) in [6, 6.07) is 13.6. The van der Waals surface area contributed by atoms with E-state index in [0.717, 1.165) is 11.1 Å². The number of thiophene rings is 2. The van der Waals surface area contributed by atoms with Gasteiger partial charge >= 0.3 is 5.97 Å². The van der Waals surface area contributed by atoms with Gasteiger partial charge in [-0.1, -0.05) is 42.0 Å². The number of halogens is 1. The van der Waals surface area contributed by atoms with Gasteiger partial charge in [0, 0.05) is 21.9 Å². The van der Waals surface area contributed by atoms with E-state index in [4.69, 9.17) is 4.74 Å². The summed E-state index contributed by atoms with van der Waals surface area (Å²) >= 11 is 2.51. The predicted octanol–water partition coefficient (Wildman–Crippen LogP) is 6.12. The van der Waals surface area contributed by atoms with Crippen LogP contribution in [0.1, 0.15) is 22.8 Å². The van der Waals surface area contributed by atoms with Gasteiger partial charge in [-0.25, -0.2) is 14.2 Å². The Morgan fingerprint density at radius 1 is 1.00 bits per heavy atom. The molecule has 38 heavy (non-hydrogen) atoms. The lowest BCUT2D eigenvalue weighted by atomic mass is 10.0. The first kappa shape index (κ1) is 25.5. The number of ether oxygens (including phenoxy) is 1. The van der Waals surface area contributed by atoms with Crippen molar-refractivity contribution >= 4 is 49.8 Å². The number of nitrogens with one attached hydrogen (secondary N) is 1.